The van der Waals surface area contributed by atoms with Gasteiger partial charge in [0, 0.05) is 31.3 Å². The van der Waals surface area contributed by atoms with E-state index >= 15 is 0 Å². The first kappa shape index (κ1) is 11.9. The minimum atomic E-state index is -0.345. The molecule has 1 aliphatic carbocycles. The Morgan fingerprint density at radius 2 is 2.19 bits per heavy atom. The molecular weight excluding hydrogens is 208 g/mol. The molecular formula is C12H20O4. The van der Waals surface area contributed by atoms with Crippen molar-refractivity contribution in [1.82, 2.24) is 0 Å². The Labute approximate surface area is 95.9 Å². The fraction of sp³-hybridized carbons (Fsp3) is 0.917. The lowest BCUT2D eigenvalue weighted by Gasteiger charge is -2.44. The maximum absolute atomic E-state index is 11.0. The number of ether oxygens (including phenoxy) is 2. The van der Waals surface area contributed by atoms with Gasteiger partial charge in [0.1, 0.15) is 6.10 Å². The van der Waals surface area contributed by atoms with Gasteiger partial charge in [-0.25, -0.2) is 0 Å². The van der Waals surface area contributed by atoms with E-state index in [2.05, 4.69) is 6.92 Å². The molecule has 0 unspecified atom stereocenters. The van der Waals surface area contributed by atoms with Crippen LogP contribution in [0.3, 0.4) is 0 Å². The number of aliphatic hydroxyl groups is 1. The van der Waals surface area contributed by atoms with Crippen molar-refractivity contribution in [2.24, 2.45) is 11.3 Å². The van der Waals surface area contributed by atoms with Gasteiger partial charge in [-0.2, -0.15) is 0 Å². The highest BCUT2D eigenvalue weighted by atomic mass is 16.6. The van der Waals surface area contributed by atoms with Gasteiger partial charge in [-0.1, -0.05) is 6.92 Å². The predicted molar refractivity (Wildman–Crippen MR) is 57.8 cm³/mol. The molecule has 2 fully saturated rings. The van der Waals surface area contributed by atoms with Gasteiger partial charge >= 0.3 is 5.97 Å². The van der Waals surface area contributed by atoms with Gasteiger partial charge in [0.05, 0.1) is 12.2 Å². The van der Waals surface area contributed by atoms with Crippen LogP contribution in [-0.2, 0) is 14.3 Å². The van der Waals surface area contributed by atoms with E-state index in [1.807, 2.05) is 6.92 Å². The van der Waals surface area contributed by atoms with Crippen LogP contribution in [-0.4, -0.2) is 36.0 Å². The number of carbonyl (C=O) groups is 1. The predicted octanol–water partition coefficient (Wildman–Crippen LogP) is 1.12. The molecule has 1 saturated heterocycles. The standard InChI is InChI=1S/C12H20O4/c1-8(14)16-9-4-11(2)7-15-12(3,5-9)10(11)6-13/h9-10,13H,4-7H2,1-3H3/t9-,10-,11+,12+/m0/s1. The zero-order valence-corrected chi connectivity index (χ0v) is 10.2. The molecule has 1 heterocycles. The molecule has 0 aromatic carbocycles. The molecule has 2 aliphatic rings. The van der Waals surface area contributed by atoms with Gasteiger partial charge in [0.25, 0.3) is 0 Å². The largest absolute Gasteiger partial charge is 0.462 e. The molecule has 4 nitrogen and oxygen atoms in total. The molecule has 0 radical (unpaired) electrons. The number of hydrogen-bond donors (Lipinski definition) is 1. The number of carbonyl (C=O) groups excluding carboxylic acids is 1. The van der Waals surface area contributed by atoms with Crippen molar-refractivity contribution in [3.8, 4) is 0 Å². The third kappa shape index (κ3) is 1.74. The van der Waals surface area contributed by atoms with Crippen LogP contribution in [0.4, 0.5) is 0 Å². The summed E-state index contributed by atoms with van der Waals surface area (Å²) in [4.78, 5) is 11.0. The first-order valence-electron chi connectivity index (χ1n) is 5.82. The molecule has 4 heteroatoms. The van der Waals surface area contributed by atoms with E-state index in [1.165, 1.54) is 6.92 Å². The zero-order valence-electron chi connectivity index (χ0n) is 10.2. The third-order valence-corrected chi connectivity index (χ3v) is 4.15. The lowest BCUT2D eigenvalue weighted by molar-refractivity contribution is -0.155. The van der Waals surface area contributed by atoms with E-state index in [0.29, 0.717) is 13.0 Å². The number of esters is 1. The molecule has 4 atom stereocenters. The Morgan fingerprint density at radius 1 is 1.50 bits per heavy atom. The SMILES string of the molecule is CC(=O)O[C@H]1C[C@]2(C)CO[C@](C)(C1)[C@H]2CO. The van der Waals surface area contributed by atoms with Crippen molar-refractivity contribution >= 4 is 5.97 Å². The van der Waals surface area contributed by atoms with E-state index in [9.17, 15) is 9.90 Å². The Bertz CT molecular complexity index is 283. The summed E-state index contributed by atoms with van der Waals surface area (Å²) in [6, 6.07) is 0. The third-order valence-electron chi connectivity index (χ3n) is 4.15. The quantitative estimate of drug-likeness (QED) is 0.719. The molecule has 1 saturated carbocycles. The van der Waals surface area contributed by atoms with Crippen LogP contribution in [0.1, 0.15) is 33.6 Å². The van der Waals surface area contributed by atoms with E-state index in [0.717, 1.165) is 6.42 Å². The lowest BCUT2D eigenvalue weighted by atomic mass is 9.63. The highest BCUT2D eigenvalue weighted by molar-refractivity contribution is 5.66. The fourth-order valence-corrected chi connectivity index (χ4v) is 3.45. The van der Waals surface area contributed by atoms with Crippen molar-refractivity contribution < 1.29 is 19.4 Å². The minimum Gasteiger partial charge on any atom is -0.462 e. The minimum absolute atomic E-state index is 0.0676. The summed E-state index contributed by atoms with van der Waals surface area (Å²) in [6.07, 6.45) is 1.40. The molecule has 0 spiro atoms. The molecule has 16 heavy (non-hydrogen) atoms. The van der Waals surface area contributed by atoms with Gasteiger partial charge < -0.3 is 14.6 Å². The van der Waals surface area contributed by atoms with Crippen LogP contribution < -0.4 is 0 Å². The van der Waals surface area contributed by atoms with Gasteiger partial charge in [-0.15, -0.1) is 0 Å². The lowest BCUT2D eigenvalue weighted by Crippen LogP contribution is -2.49. The molecule has 0 aromatic rings. The number of aliphatic hydroxyl groups excluding tert-OH is 1. The van der Waals surface area contributed by atoms with Crippen molar-refractivity contribution in [1.29, 1.82) is 0 Å². The van der Waals surface area contributed by atoms with Crippen molar-refractivity contribution in [2.75, 3.05) is 13.2 Å². The van der Waals surface area contributed by atoms with Crippen LogP contribution in [0.25, 0.3) is 0 Å². The zero-order chi connectivity index (χ0) is 12.0. The van der Waals surface area contributed by atoms with E-state index < -0.39 is 0 Å². The average Bonchev–Trinajstić information content (AvgIpc) is 2.28. The Hall–Kier alpha value is -0.610. The monoisotopic (exact) mass is 228 g/mol. The van der Waals surface area contributed by atoms with Crippen molar-refractivity contribution in [3.63, 3.8) is 0 Å². The van der Waals surface area contributed by atoms with Crippen LogP contribution in [0.2, 0.25) is 0 Å². The molecule has 0 amide bonds. The van der Waals surface area contributed by atoms with E-state index in [4.69, 9.17) is 9.47 Å². The van der Waals surface area contributed by atoms with Gasteiger partial charge in [-0.05, 0) is 13.3 Å². The first-order chi connectivity index (χ1) is 7.39. The normalized spacial score (nSPS) is 46.8. The summed E-state index contributed by atoms with van der Waals surface area (Å²) in [6.45, 7) is 6.33. The van der Waals surface area contributed by atoms with Gasteiger partial charge in [0.15, 0.2) is 0 Å². The maximum atomic E-state index is 11.0. The topological polar surface area (TPSA) is 55.8 Å². The second-order valence-corrected chi connectivity index (χ2v) is 5.63. The summed E-state index contributed by atoms with van der Waals surface area (Å²) in [5, 5.41) is 9.48. The van der Waals surface area contributed by atoms with E-state index in [-0.39, 0.29) is 35.6 Å². The Kier molecular flexibility index (Phi) is 2.75. The van der Waals surface area contributed by atoms with Gasteiger partial charge in [0.2, 0.25) is 0 Å². The second-order valence-electron chi connectivity index (χ2n) is 5.63. The summed E-state index contributed by atoms with van der Waals surface area (Å²) in [7, 11) is 0. The fourth-order valence-electron chi connectivity index (χ4n) is 3.45. The van der Waals surface area contributed by atoms with Gasteiger partial charge in [-0.3, -0.25) is 4.79 Å². The summed E-state index contributed by atoms with van der Waals surface area (Å²) in [5.74, 6) is -0.0918. The van der Waals surface area contributed by atoms with Crippen LogP contribution in [0.15, 0.2) is 0 Å². The second kappa shape index (κ2) is 3.70. The average molecular weight is 228 g/mol. The first-order valence-corrected chi connectivity index (χ1v) is 5.82. The summed E-state index contributed by atoms with van der Waals surface area (Å²) >= 11 is 0. The number of hydrogen-bond acceptors (Lipinski definition) is 4. The summed E-state index contributed by atoms with van der Waals surface area (Å²) < 4.78 is 11.1. The molecule has 2 rings (SSSR count). The summed E-state index contributed by atoms with van der Waals surface area (Å²) in [5.41, 5.74) is -0.413. The van der Waals surface area contributed by atoms with Crippen LogP contribution >= 0.6 is 0 Å². The molecule has 0 aromatic heterocycles. The van der Waals surface area contributed by atoms with E-state index in [1.54, 1.807) is 0 Å². The number of rotatable bonds is 2. The van der Waals surface area contributed by atoms with Crippen molar-refractivity contribution in [2.45, 2.75) is 45.3 Å². The van der Waals surface area contributed by atoms with Crippen molar-refractivity contribution in [3.05, 3.63) is 0 Å². The molecule has 1 aliphatic heterocycles. The Morgan fingerprint density at radius 3 is 2.69 bits per heavy atom. The maximum Gasteiger partial charge on any atom is 0.302 e. The molecule has 92 valence electrons. The molecule has 1 N–H and O–H groups in total. The van der Waals surface area contributed by atoms with Crippen LogP contribution in [0, 0.1) is 11.3 Å². The molecule has 2 bridgehead atoms. The highest BCUT2D eigenvalue weighted by Gasteiger charge is 2.58. The van der Waals surface area contributed by atoms with Crippen LogP contribution in [0.5, 0.6) is 0 Å². The Balaban J connectivity index is 2.17. The number of fused-ring (bicyclic) bond motifs is 2. The highest BCUT2D eigenvalue weighted by Crippen LogP contribution is 2.54. The smallest absolute Gasteiger partial charge is 0.302 e.